The molecule has 1 N–H and O–H groups in total. The number of morpholine rings is 1. The van der Waals surface area contributed by atoms with Crippen molar-refractivity contribution >= 4 is 41.5 Å². The van der Waals surface area contributed by atoms with Gasteiger partial charge in [-0.3, -0.25) is 9.89 Å². The summed E-state index contributed by atoms with van der Waals surface area (Å²) in [6.07, 6.45) is 0.123. The van der Waals surface area contributed by atoms with E-state index in [0.717, 1.165) is 32.1 Å². The van der Waals surface area contributed by atoms with E-state index in [2.05, 4.69) is 20.1 Å². The van der Waals surface area contributed by atoms with E-state index in [1.165, 1.54) is 6.07 Å². The quantitative estimate of drug-likeness (QED) is 0.670. The van der Waals surface area contributed by atoms with Crippen molar-refractivity contribution in [2.45, 2.75) is 19.1 Å². The first-order valence-corrected chi connectivity index (χ1v) is 8.73. The smallest absolute Gasteiger partial charge is 0.193 e. The van der Waals surface area contributed by atoms with Crippen molar-refractivity contribution in [3.8, 4) is 0 Å². The van der Waals surface area contributed by atoms with Crippen LogP contribution in [0.15, 0.2) is 23.2 Å². The van der Waals surface area contributed by atoms with Crippen LogP contribution < -0.4 is 5.32 Å². The second-order valence-corrected chi connectivity index (χ2v) is 6.74. The lowest BCUT2D eigenvalue weighted by Crippen LogP contribution is -2.48. The van der Waals surface area contributed by atoms with Crippen molar-refractivity contribution in [2.24, 2.45) is 4.99 Å². The Morgan fingerprint density at radius 2 is 2.24 bits per heavy atom. The topological polar surface area (TPSA) is 40.1 Å². The number of guanidine groups is 1. The van der Waals surface area contributed by atoms with E-state index in [1.807, 2.05) is 14.0 Å². The summed E-state index contributed by atoms with van der Waals surface area (Å²) in [5.74, 6) is 0.587. The van der Waals surface area contributed by atoms with Crippen LogP contribution in [0.2, 0.25) is 5.02 Å². The number of halogens is 3. The summed E-state index contributed by atoms with van der Waals surface area (Å²) in [6, 6.07) is 4.69. The normalized spacial score (nSPS) is 22.3. The first-order valence-electron chi connectivity index (χ1n) is 8.35. The number of rotatable bonds is 4. The van der Waals surface area contributed by atoms with Crippen LogP contribution >= 0.6 is 35.6 Å². The van der Waals surface area contributed by atoms with Gasteiger partial charge in [-0.1, -0.05) is 17.7 Å². The molecule has 2 atom stereocenters. The lowest BCUT2D eigenvalue weighted by Gasteiger charge is -2.38. The first-order chi connectivity index (χ1) is 11.6. The maximum absolute atomic E-state index is 14.5. The Hall–Kier alpha value is -0.640. The summed E-state index contributed by atoms with van der Waals surface area (Å²) in [5.41, 5.74) is 0.544. The van der Waals surface area contributed by atoms with E-state index in [1.54, 1.807) is 12.1 Å². The molecule has 0 aliphatic carbocycles. The molecule has 1 aromatic carbocycles. The Balaban J connectivity index is 0.00000225. The summed E-state index contributed by atoms with van der Waals surface area (Å²) >= 11 is 6.34. The Morgan fingerprint density at radius 1 is 1.44 bits per heavy atom. The summed E-state index contributed by atoms with van der Waals surface area (Å²) < 4.78 is 20.1. The molecular formula is C17H25ClFIN4O. The molecule has 0 saturated carbocycles. The van der Waals surface area contributed by atoms with Gasteiger partial charge in [-0.15, -0.1) is 24.0 Å². The van der Waals surface area contributed by atoms with Crippen LogP contribution in [0.4, 0.5) is 4.39 Å². The third-order valence-electron chi connectivity index (χ3n) is 4.56. The van der Waals surface area contributed by atoms with Crippen molar-refractivity contribution in [1.29, 1.82) is 0 Å². The molecule has 2 aliphatic heterocycles. The highest BCUT2D eigenvalue weighted by molar-refractivity contribution is 14.0. The van der Waals surface area contributed by atoms with Gasteiger partial charge in [0.05, 0.1) is 25.3 Å². The fourth-order valence-corrected chi connectivity index (χ4v) is 3.57. The lowest BCUT2D eigenvalue weighted by atomic mass is 10.0. The number of likely N-dealkylation sites (N-methyl/N-ethyl adjacent to an activating group) is 1. The summed E-state index contributed by atoms with van der Waals surface area (Å²) in [4.78, 5) is 8.76. The van der Waals surface area contributed by atoms with Gasteiger partial charge >= 0.3 is 0 Å². The van der Waals surface area contributed by atoms with Gasteiger partial charge in [0, 0.05) is 43.8 Å². The van der Waals surface area contributed by atoms with Crippen molar-refractivity contribution in [2.75, 3.05) is 46.4 Å². The van der Waals surface area contributed by atoms with Crippen LogP contribution in [-0.2, 0) is 4.74 Å². The van der Waals surface area contributed by atoms with E-state index in [9.17, 15) is 4.39 Å². The van der Waals surface area contributed by atoms with Gasteiger partial charge in [0.2, 0.25) is 0 Å². The van der Waals surface area contributed by atoms with Gasteiger partial charge in [0.15, 0.2) is 5.96 Å². The molecule has 0 amide bonds. The predicted molar refractivity (Wildman–Crippen MR) is 109 cm³/mol. The number of hydrogen-bond acceptors (Lipinski definition) is 5. The van der Waals surface area contributed by atoms with Gasteiger partial charge < -0.3 is 15.0 Å². The van der Waals surface area contributed by atoms with Crippen molar-refractivity contribution < 1.29 is 9.13 Å². The molecule has 5 nitrogen and oxygen atoms in total. The molecule has 2 unspecified atom stereocenters. The highest BCUT2D eigenvalue weighted by Gasteiger charge is 2.29. The average molecular weight is 483 g/mol. The molecule has 1 fully saturated rings. The van der Waals surface area contributed by atoms with Crippen LogP contribution in [0.1, 0.15) is 18.5 Å². The summed E-state index contributed by atoms with van der Waals surface area (Å²) in [5, 5.41) is 3.83. The molecule has 140 valence electrons. The SMILES string of the molecule is CC1CN(C(CNC2=NCCN2C)c2c(F)cccc2Cl)CCO1.I. The van der Waals surface area contributed by atoms with Crippen LogP contribution in [0.25, 0.3) is 0 Å². The monoisotopic (exact) mass is 482 g/mol. The minimum absolute atomic E-state index is 0. The van der Waals surface area contributed by atoms with Gasteiger partial charge in [0.25, 0.3) is 0 Å². The van der Waals surface area contributed by atoms with Crippen molar-refractivity contribution in [1.82, 2.24) is 15.1 Å². The largest absolute Gasteiger partial charge is 0.376 e. The number of nitrogens with zero attached hydrogens (tertiary/aromatic N) is 3. The van der Waals surface area contributed by atoms with Crippen LogP contribution in [0, 0.1) is 5.82 Å². The number of hydrogen-bond donors (Lipinski definition) is 1. The van der Waals surface area contributed by atoms with E-state index in [-0.39, 0.29) is 41.9 Å². The molecule has 1 aromatic rings. The first kappa shape index (κ1) is 20.7. The maximum Gasteiger partial charge on any atom is 0.193 e. The fourth-order valence-electron chi connectivity index (χ4n) is 3.28. The molecule has 2 heterocycles. The molecule has 0 spiro atoms. The van der Waals surface area contributed by atoms with Gasteiger partial charge in [-0.2, -0.15) is 0 Å². The highest BCUT2D eigenvalue weighted by Crippen LogP contribution is 2.31. The van der Waals surface area contributed by atoms with Gasteiger partial charge in [0.1, 0.15) is 5.82 Å². The molecule has 3 rings (SSSR count). The van der Waals surface area contributed by atoms with Crippen LogP contribution in [0.3, 0.4) is 0 Å². The zero-order valence-electron chi connectivity index (χ0n) is 14.5. The Labute approximate surface area is 170 Å². The molecule has 0 aromatic heterocycles. The van der Waals surface area contributed by atoms with E-state index < -0.39 is 0 Å². The van der Waals surface area contributed by atoms with Gasteiger partial charge in [-0.05, 0) is 19.1 Å². The standard InChI is InChI=1S/C17H24ClFN4O.HI/c1-12-11-23(8-9-24-12)15(10-21-17-20-6-7-22(17)2)16-13(18)4-3-5-14(16)19;/h3-5,12,15H,6-11H2,1-2H3,(H,20,21);1H. The zero-order valence-corrected chi connectivity index (χ0v) is 17.6. The molecule has 0 radical (unpaired) electrons. The molecule has 2 aliphatic rings. The van der Waals surface area contributed by atoms with Crippen LogP contribution in [-0.4, -0.2) is 68.2 Å². The Bertz CT molecular complexity index is 598. The fraction of sp³-hybridized carbons (Fsp3) is 0.588. The summed E-state index contributed by atoms with van der Waals surface area (Å²) in [6.45, 7) is 6.43. The number of ether oxygens (including phenoxy) is 1. The third kappa shape index (κ3) is 4.96. The molecule has 1 saturated heterocycles. The zero-order chi connectivity index (χ0) is 17.1. The second-order valence-electron chi connectivity index (χ2n) is 6.34. The number of nitrogens with one attached hydrogen (secondary N) is 1. The average Bonchev–Trinajstić information content (AvgIpc) is 2.95. The molecular weight excluding hydrogens is 458 g/mol. The third-order valence-corrected chi connectivity index (χ3v) is 4.89. The predicted octanol–water partition coefficient (Wildman–Crippen LogP) is 2.75. The highest BCUT2D eigenvalue weighted by atomic mass is 127. The Morgan fingerprint density at radius 3 is 2.88 bits per heavy atom. The number of benzene rings is 1. The van der Waals surface area contributed by atoms with E-state index in [0.29, 0.717) is 23.7 Å². The minimum Gasteiger partial charge on any atom is -0.376 e. The molecule has 8 heteroatoms. The number of aliphatic imine (C=N–C) groups is 1. The van der Waals surface area contributed by atoms with Crippen molar-refractivity contribution in [3.05, 3.63) is 34.6 Å². The molecule has 25 heavy (non-hydrogen) atoms. The lowest BCUT2D eigenvalue weighted by molar-refractivity contribution is -0.0343. The van der Waals surface area contributed by atoms with Crippen molar-refractivity contribution in [3.63, 3.8) is 0 Å². The Kier molecular flexibility index (Phi) is 7.72. The van der Waals surface area contributed by atoms with E-state index in [4.69, 9.17) is 16.3 Å². The van der Waals surface area contributed by atoms with Gasteiger partial charge in [-0.25, -0.2) is 4.39 Å². The second kappa shape index (κ2) is 9.34. The minimum atomic E-state index is -0.268. The van der Waals surface area contributed by atoms with E-state index >= 15 is 0 Å². The summed E-state index contributed by atoms with van der Waals surface area (Å²) in [7, 11) is 2.00. The molecule has 0 bridgehead atoms. The maximum atomic E-state index is 14.5. The van der Waals surface area contributed by atoms with Crippen LogP contribution in [0.5, 0.6) is 0 Å².